The third kappa shape index (κ3) is 8.88. The average molecular weight is 717 g/mol. The SMILES string of the molecule is C[C@@H]1CN([C@@H](C)CO)C(=O)Cc2cc(NC(=O)Cc3cn(C)c4ccccc34)ccc2O[C@@H]1CN(C)Cc1ccc(C(=O)Nc2ccccc2N)cc1. The Hall–Kier alpha value is -5.65. The molecule has 1 aliphatic rings. The van der Waals surface area contributed by atoms with Gasteiger partial charge in [-0.1, -0.05) is 49.4 Å². The second-order valence-electron chi connectivity index (χ2n) is 14.2. The van der Waals surface area contributed by atoms with Crippen molar-refractivity contribution in [1.29, 1.82) is 0 Å². The van der Waals surface area contributed by atoms with Crippen LogP contribution in [0.2, 0.25) is 0 Å². The van der Waals surface area contributed by atoms with Crippen molar-refractivity contribution in [3.05, 3.63) is 119 Å². The minimum Gasteiger partial charge on any atom is -0.488 e. The second-order valence-corrected chi connectivity index (χ2v) is 14.2. The number of aromatic nitrogens is 1. The first-order valence-corrected chi connectivity index (χ1v) is 17.9. The fourth-order valence-corrected chi connectivity index (χ4v) is 6.92. The van der Waals surface area contributed by atoms with Gasteiger partial charge in [-0.3, -0.25) is 19.3 Å². The molecular weight excluding hydrogens is 668 g/mol. The van der Waals surface area contributed by atoms with Gasteiger partial charge >= 0.3 is 0 Å². The summed E-state index contributed by atoms with van der Waals surface area (Å²) < 4.78 is 8.73. The third-order valence-corrected chi connectivity index (χ3v) is 9.90. The Balaban J connectivity index is 1.16. The van der Waals surface area contributed by atoms with E-state index in [0.717, 1.165) is 22.0 Å². The molecule has 1 aromatic heterocycles. The number of benzene rings is 4. The van der Waals surface area contributed by atoms with E-state index in [-0.39, 0.29) is 55.2 Å². The van der Waals surface area contributed by atoms with Crippen molar-refractivity contribution in [3.63, 3.8) is 0 Å². The minimum absolute atomic E-state index is 0.0682. The molecule has 0 saturated heterocycles. The molecule has 5 aromatic rings. The lowest BCUT2D eigenvalue weighted by Crippen LogP contribution is -2.47. The van der Waals surface area contributed by atoms with E-state index < -0.39 is 0 Å². The number of hydrogen-bond acceptors (Lipinski definition) is 7. The molecule has 276 valence electrons. The maximum atomic E-state index is 13.7. The largest absolute Gasteiger partial charge is 0.488 e. The topological polar surface area (TPSA) is 142 Å². The Morgan fingerprint density at radius 1 is 1.02 bits per heavy atom. The van der Waals surface area contributed by atoms with Crippen LogP contribution < -0.4 is 21.1 Å². The second kappa shape index (κ2) is 16.4. The van der Waals surface area contributed by atoms with Crippen LogP contribution in [-0.4, -0.2) is 76.1 Å². The lowest BCUT2D eigenvalue weighted by Gasteiger charge is -2.34. The van der Waals surface area contributed by atoms with E-state index >= 15 is 0 Å². The van der Waals surface area contributed by atoms with Crippen LogP contribution in [-0.2, 0) is 36.0 Å². The monoisotopic (exact) mass is 716 g/mol. The molecule has 4 aromatic carbocycles. The van der Waals surface area contributed by atoms with E-state index in [1.807, 2.05) is 98.5 Å². The molecule has 2 heterocycles. The number of fused-ring (bicyclic) bond motifs is 2. The van der Waals surface area contributed by atoms with Crippen LogP contribution in [0.25, 0.3) is 10.9 Å². The van der Waals surface area contributed by atoms with Crippen LogP contribution in [0, 0.1) is 5.92 Å². The van der Waals surface area contributed by atoms with Gasteiger partial charge in [0.1, 0.15) is 11.9 Å². The van der Waals surface area contributed by atoms with Crippen molar-refractivity contribution in [2.45, 2.75) is 45.4 Å². The summed E-state index contributed by atoms with van der Waals surface area (Å²) in [6.45, 7) is 5.31. The van der Waals surface area contributed by atoms with Gasteiger partial charge in [-0.2, -0.15) is 0 Å². The van der Waals surface area contributed by atoms with Gasteiger partial charge in [0, 0.05) is 66.5 Å². The maximum Gasteiger partial charge on any atom is 0.255 e. The highest BCUT2D eigenvalue weighted by atomic mass is 16.5. The van der Waals surface area contributed by atoms with E-state index in [1.54, 1.807) is 29.2 Å². The molecule has 5 N–H and O–H groups in total. The van der Waals surface area contributed by atoms with Crippen LogP contribution in [0.5, 0.6) is 5.75 Å². The summed E-state index contributed by atoms with van der Waals surface area (Å²) in [4.78, 5) is 43.7. The molecule has 11 nitrogen and oxygen atoms in total. The van der Waals surface area contributed by atoms with Gasteiger partial charge in [0.05, 0.1) is 36.9 Å². The van der Waals surface area contributed by atoms with E-state index in [9.17, 15) is 19.5 Å². The van der Waals surface area contributed by atoms with Crippen molar-refractivity contribution in [1.82, 2.24) is 14.4 Å². The molecule has 0 radical (unpaired) electrons. The number of nitrogens with two attached hydrogens (primary N) is 1. The zero-order chi connectivity index (χ0) is 37.6. The smallest absolute Gasteiger partial charge is 0.255 e. The van der Waals surface area contributed by atoms with Gasteiger partial charge in [0.2, 0.25) is 11.8 Å². The Morgan fingerprint density at radius 2 is 1.75 bits per heavy atom. The molecule has 0 aliphatic carbocycles. The van der Waals surface area contributed by atoms with Crippen LogP contribution >= 0.6 is 0 Å². The van der Waals surface area contributed by atoms with Crippen molar-refractivity contribution in [2.75, 3.05) is 43.1 Å². The summed E-state index contributed by atoms with van der Waals surface area (Å²) in [6, 6.07) is 27.7. The highest BCUT2D eigenvalue weighted by Crippen LogP contribution is 2.30. The number of carbonyl (C=O) groups excluding carboxylic acids is 3. The number of anilines is 3. The number of nitrogen functional groups attached to an aromatic ring is 1. The number of hydrogen-bond donors (Lipinski definition) is 4. The molecule has 1 aliphatic heterocycles. The van der Waals surface area contributed by atoms with Crippen LogP contribution in [0.4, 0.5) is 17.1 Å². The first-order valence-electron chi connectivity index (χ1n) is 17.9. The maximum absolute atomic E-state index is 13.7. The Bertz CT molecular complexity index is 2090. The summed E-state index contributed by atoms with van der Waals surface area (Å²) in [5.41, 5.74) is 11.9. The van der Waals surface area contributed by atoms with E-state index in [0.29, 0.717) is 53.6 Å². The predicted molar refractivity (Wildman–Crippen MR) is 209 cm³/mol. The number of rotatable bonds is 11. The fourth-order valence-electron chi connectivity index (χ4n) is 6.92. The van der Waals surface area contributed by atoms with Crippen molar-refractivity contribution < 1.29 is 24.2 Å². The van der Waals surface area contributed by atoms with Crippen molar-refractivity contribution in [3.8, 4) is 5.75 Å². The normalized spacial score (nSPS) is 16.6. The number of nitrogens with zero attached hydrogens (tertiary/aromatic N) is 3. The highest BCUT2D eigenvalue weighted by molar-refractivity contribution is 6.05. The van der Waals surface area contributed by atoms with E-state index in [4.69, 9.17) is 10.5 Å². The first-order chi connectivity index (χ1) is 25.5. The molecule has 0 saturated carbocycles. The van der Waals surface area contributed by atoms with Gasteiger partial charge in [-0.15, -0.1) is 0 Å². The number of carbonyl (C=O) groups is 3. The molecule has 0 spiro atoms. The van der Waals surface area contributed by atoms with Gasteiger partial charge in [-0.25, -0.2) is 0 Å². The Morgan fingerprint density at radius 3 is 2.51 bits per heavy atom. The number of amides is 3. The molecule has 0 fully saturated rings. The van der Waals surface area contributed by atoms with Crippen LogP contribution in [0.3, 0.4) is 0 Å². The molecule has 11 heteroatoms. The summed E-state index contributed by atoms with van der Waals surface area (Å²) in [5.74, 6) is 0.00454. The average Bonchev–Trinajstić information content (AvgIpc) is 3.47. The summed E-state index contributed by atoms with van der Waals surface area (Å²) in [7, 11) is 3.98. The van der Waals surface area contributed by atoms with E-state index in [2.05, 4.69) is 22.5 Å². The molecule has 53 heavy (non-hydrogen) atoms. The standard InChI is InChI=1S/C42H48N6O5/c1-27-22-48(28(2)26-49)41(51)21-31-19-33(44-40(50)20-32-24-47(4)37-12-8-5-9-34(32)37)17-18-38(31)53-39(27)25-46(3)23-29-13-15-30(16-14-29)42(52)45-36-11-7-6-10-35(36)43/h5-19,24,27-28,39,49H,20-23,25-26,43H2,1-4H3,(H,44,50)(H,45,52)/t27-,28+,39-/m1/s1. The fraction of sp³-hybridized carbons (Fsp3) is 0.310. The highest BCUT2D eigenvalue weighted by Gasteiger charge is 2.31. The molecule has 3 amide bonds. The molecule has 3 atom stereocenters. The van der Waals surface area contributed by atoms with Gasteiger partial charge < -0.3 is 35.7 Å². The first kappa shape index (κ1) is 37.1. The number of para-hydroxylation sites is 3. The van der Waals surface area contributed by atoms with Gasteiger partial charge in [0.25, 0.3) is 5.91 Å². The van der Waals surface area contributed by atoms with Crippen molar-refractivity contribution >= 4 is 45.7 Å². The van der Waals surface area contributed by atoms with Crippen LogP contribution in [0.15, 0.2) is 97.2 Å². The Labute approximate surface area is 310 Å². The minimum atomic E-state index is -0.373. The zero-order valence-corrected chi connectivity index (χ0v) is 30.7. The third-order valence-electron chi connectivity index (χ3n) is 9.90. The number of likely N-dealkylation sites (N-methyl/N-ethyl adjacent to an activating group) is 1. The number of aliphatic hydroxyl groups is 1. The zero-order valence-electron chi connectivity index (χ0n) is 30.7. The number of aryl methyl sites for hydroxylation is 1. The number of ether oxygens (including phenoxy) is 1. The van der Waals surface area contributed by atoms with Crippen LogP contribution in [0.1, 0.15) is 40.9 Å². The lowest BCUT2D eigenvalue weighted by molar-refractivity contribution is -0.134. The summed E-state index contributed by atoms with van der Waals surface area (Å²) >= 11 is 0. The number of nitrogens with one attached hydrogen (secondary N) is 2. The molecule has 6 rings (SSSR count). The molecular formula is C42H48N6O5. The van der Waals surface area contributed by atoms with Gasteiger partial charge in [0.15, 0.2) is 0 Å². The van der Waals surface area contributed by atoms with E-state index in [1.165, 1.54) is 0 Å². The summed E-state index contributed by atoms with van der Waals surface area (Å²) in [6.07, 6.45) is 1.96. The quantitative estimate of drug-likeness (QED) is 0.133. The van der Waals surface area contributed by atoms with Crippen molar-refractivity contribution in [2.24, 2.45) is 13.0 Å². The lowest BCUT2D eigenvalue weighted by atomic mass is 10.0. The number of aliphatic hydroxyl groups excluding tert-OH is 1. The molecule has 0 bridgehead atoms. The molecule has 0 unspecified atom stereocenters. The Kier molecular flexibility index (Phi) is 11.5. The predicted octanol–water partition coefficient (Wildman–Crippen LogP) is 5.48. The summed E-state index contributed by atoms with van der Waals surface area (Å²) in [5, 5.41) is 17.0. The van der Waals surface area contributed by atoms with Gasteiger partial charge in [-0.05, 0) is 73.6 Å².